The van der Waals surface area contributed by atoms with Crippen molar-refractivity contribution < 1.29 is 24.0 Å². The van der Waals surface area contributed by atoms with Gasteiger partial charge in [0, 0.05) is 42.3 Å². The van der Waals surface area contributed by atoms with Crippen molar-refractivity contribution in [1.29, 1.82) is 0 Å². The predicted octanol–water partition coefficient (Wildman–Crippen LogP) is 5.61. The number of fused-ring (bicyclic) bond motifs is 1. The average molecular weight is 817 g/mol. The van der Waals surface area contributed by atoms with Gasteiger partial charge in [0.1, 0.15) is 17.9 Å². The van der Waals surface area contributed by atoms with E-state index in [1.807, 2.05) is 90.9 Å². The number of amides is 5. The molecule has 5 amide bonds. The van der Waals surface area contributed by atoms with Crippen LogP contribution in [0, 0.1) is 25.7 Å². The molecule has 0 unspecified atom stereocenters. The Morgan fingerprint density at radius 3 is 2.28 bits per heavy atom. The van der Waals surface area contributed by atoms with Crippen molar-refractivity contribution in [1.82, 2.24) is 35.8 Å². The first-order chi connectivity index (χ1) is 28.6. The summed E-state index contributed by atoms with van der Waals surface area (Å²) in [6, 6.07) is 15.7. The number of ketones is 1. The second-order valence-electron chi connectivity index (χ2n) is 16.4. The molecule has 0 saturated carbocycles. The molecule has 316 valence electrons. The minimum Gasteiger partial charge on any atom is -0.348 e. The van der Waals surface area contributed by atoms with Crippen LogP contribution in [0.2, 0.25) is 0 Å². The standard InChI is InChI=1S/C45H56N10O5/c1-26(2)38(42(58)49-30(7)31-13-10-9-11-14-31)51-41(57)35-15-12-20-54(35)43(59)39(27(3)4)47-24-37(56)32-18-16-28(5)36(21-32)55-25-33-22-48-44(52-40(33)53(8)45(55)60)50-34-19-17-29(6)46-23-34/h9-11,13-14,16-19,21-23,26-27,30,35,38-39,47H,12,15,20,24-25H2,1-8H3,(H,49,58)(H,51,57)(H,48,50,52)/t30-,35-,38+,39+/m1/s1. The zero-order valence-corrected chi connectivity index (χ0v) is 35.7. The van der Waals surface area contributed by atoms with Gasteiger partial charge in [0.15, 0.2) is 5.78 Å². The fraction of sp³-hybridized carbons (Fsp3) is 0.422. The molecule has 1 saturated heterocycles. The van der Waals surface area contributed by atoms with Gasteiger partial charge < -0.3 is 20.9 Å². The highest BCUT2D eigenvalue weighted by atomic mass is 16.2. The third-order valence-electron chi connectivity index (χ3n) is 11.2. The van der Waals surface area contributed by atoms with E-state index < -0.39 is 18.1 Å². The lowest BCUT2D eigenvalue weighted by Gasteiger charge is -2.35. The molecule has 4 N–H and O–H groups in total. The quantitative estimate of drug-likeness (QED) is 0.110. The normalized spacial score (nSPS) is 16.7. The molecule has 0 radical (unpaired) electrons. The summed E-state index contributed by atoms with van der Waals surface area (Å²) in [5, 5.41) is 12.3. The van der Waals surface area contributed by atoms with Crippen LogP contribution in [0.1, 0.15) is 86.2 Å². The van der Waals surface area contributed by atoms with E-state index in [-0.39, 0.29) is 60.5 Å². The largest absolute Gasteiger partial charge is 0.348 e. The lowest BCUT2D eigenvalue weighted by atomic mass is 10.00. The summed E-state index contributed by atoms with van der Waals surface area (Å²) in [5.41, 5.74) is 5.03. The number of carbonyl (C=O) groups excluding carboxylic acids is 5. The van der Waals surface area contributed by atoms with E-state index >= 15 is 0 Å². The van der Waals surface area contributed by atoms with E-state index in [0.717, 1.165) is 28.1 Å². The highest BCUT2D eigenvalue weighted by molar-refractivity contribution is 6.07. The van der Waals surface area contributed by atoms with Crippen LogP contribution >= 0.6 is 0 Å². The molecular weight excluding hydrogens is 761 g/mol. The maximum absolute atomic E-state index is 14.1. The molecule has 0 spiro atoms. The van der Waals surface area contributed by atoms with Crippen LogP contribution in [0.3, 0.4) is 0 Å². The third-order valence-corrected chi connectivity index (χ3v) is 11.2. The van der Waals surface area contributed by atoms with Crippen LogP contribution in [-0.2, 0) is 20.9 Å². The smallest absolute Gasteiger partial charge is 0.330 e. The van der Waals surface area contributed by atoms with Crippen molar-refractivity contribution in [2.75, 3.05) is 35.3 Å². The Labute approximate surface area is 351 Å². The molecule has 2 aromatic carbocycles. The molecule has 6 rings (SSSR count). The van der Waals surface area contributed by atoms with E-state index in [9.17, 15) is 24.0 Å². The number of rotatable bonds is 15. The molecule has 2 aliphatic rings. The second-order valence-corrected chi connectivity index (χ2v) is 16.4. The number of aryl methyl sites for hydroxylation is 2. The van der Waals surface area contributed by atoms with Crippen LogP contribution in [-0.4, -0.2) is 87.7 Å². The number of hydrogen-bond donors (Lipinski definition) is 4. The number of likely N-dealkylation sites (tertiary alicyclic amines) is 1. The van der Waals surface area contributed by atoms with E-state index in [2.05, 4.69) is 36.2 Å². The van der Waals surface area contributed by atoms with Gasteiger partial charge in [-0.05, 0) is 74.8 Å². The van der Waals surface area contributed by atoms with Crippen LogP contribution in [0.15, 0.2) is 73.1 Å². The first kappa shape index (κ1) is 43.4. The van der Waals surface area contributed by atoms with Crippen LogP contribution in [0.4, 0.5) is 27.9 Å². The van der Waals surface area contributed by atoms with Gasteiger partial charge in [-0.25, -0.2) is 9.78 Å². The molecule has 1 fully saturated rings. The molecule has 4 atom stereocenters. The van der Waals surface area contributed by atoms with E-state index in [1.165, 1.54) is 4.90 Å². The number of benzene rings is 2. The fourth-order valence-corrected chi connectivity index (χ4v) is 7.61. The summed E-state index contributed by atoms with van der Waals surface area (Å²) in [4.78, 5) is 86.9. The molecule has 2 aliphatic heterocycles. The Bertz CT molecular complexity index is 2210. The predicted molar refractivity (Wildman–Crippen MR) is 231 cm³/mol. The first-order valence-corrected chi connectivity index (χ1v) is 20.6. The molecular formula is C45H56N10O5. The average Bonchev–Trinajstić information content (AvgIpc) is 3.73. The monoisotopic (exact) mass is 816 g/mol. The van der Waals surface area contributed by atoms with Gasteiger partial charge >= 0.3 is 6.03 Å². The first-order valence-electron chi connectivity index (χ1n) is 20.6. The summed E-state index contributed by atoms with van der Waals surface area (Å²) >= 11 is 0. The van der Waals surface area contributed by atoms with E-state index in [1.54, 1.807) is 47.4 Å². The third kappa shape index (κ3) is 9.79. The molecule has 0 aliphatic carbocycles. The summed E-state index contributed by atoms with van der Waals surface area (Å²) in [7, 11) is 1.65. The second kappa shape index (κ2) is 18.8. The number of urea groups is 1. The summed E-state index contributed by atoms with van der Waals surface area (Å²) in [5.74, 6) is -0.800. The zero-order valence-electron chi connectivity index (χ0n) is 35.7. The molecule has 60 heavy (non-hydrogen) atoms. The Hall–Kier alpha value is -6.22. The van der Waals surface area contributed by atoms with Crippen molar-refractivity contribution in [3.63, 3.8) is 0 Å². The van der Waals surface area contributed by atoms with Gasteiger partial charge in [-0.1, -0.05) is 70.2 Å². The topological polar surface area (TPSA) is 182 Å². The minimum atomic E-state index is -0.793. The lowest BCUT2D eigenvalue weighted by molar-refractivity contribution is -0.141. The van der Waals surface area contributed by atoms with Gasteiger partial charge in [0.2, 0.25) is 23.7 Å². The van der Waals surface area contributed by atoms with Gasteiger partial charge in [-0.15, -0.1) is 0 Å². The number of hydrogen-bond acceptors (Lipinski definition) is 10. The Kier molecular flexibility index (Phi) is 13.6. The summed E-state index contributed by atoms with van der Waals surface area (Å²) in [6.45, 7) is 13.6. The highest BCUT2D eigenvalue weighted by Gasteiger charge is 2.40. The summed E-state index contributed by atoms with van der Waals surface area (Å²) < 4.78 is 0. The maximum Gasteiger partial charge on any atom is 0.330 e. The van der Waals surface area contributed by atoms with Crippen LogP contribution < -0.4 is 31.1 Å². The number of carbonyl (C=O) groups is 5. The molecule has 4 aromatic rings. The number of pyridine rings is 1. The maximum atomic E-state index is 14.1. The number of nitrogens with one attached hydrogen (secondary N) is 4. The Morgan fingerprint density at radius 2 is 1.60 bits per heavy atom. The molecule has 4 heterocycles. The van der Waals surface area contributed by atoms with Crippen molar-refractivity contribution in [3.05, 3.63) is 101 Å². The molecule has 0 bridgehead atoms. The van der Waals surface area contributed by atoms with Gasteiger partial charge in [-0.3, -0.25) is 39.3 Å². The summed E-state index contributed by atoms with van der Waals surface area (Å²) in [6.07, 6.45) is 4.47. The Morgan fingerprint density at radius 1 is 0.867 bits per heavy atom. The fourth-order valence-electron chi connectivity index (χ4n) is 7.61. The number of aromatic nitrogens is 3. The van der Waals surface area contributed by atoms with Crippen molar-refractivity contribution in [2.45, 2.75) is 92.0 Å². The zero-order chi connectivity index (χ0) is 43.2. The van der Waals surface area contributed by atoms with E-state index in [0.29, 0.717) is 42.4 Å². The van der Waals surface area contributed by atoms with Crippen molar-refractivity contribution in [3.8, 4) is 0 Å². The number of anilines is 4. The van der Waals surface area contributed by atoms with Crippen LogP contribution in [0.25, 0.3) is 0 Å². The molecule has 2 aromatic heterocycles. The van der Waals surface area contributed by atoms with E-state index in [4.69, 9.17) is 0 Å². The van der Waals surface area contributed by atoms with Crippen LogP contribution in [0.5, 0.6) is 0 Å². The molecule has 15 heteroatoms. The minimum absolute atomic E-state index is 0.145. The van der Waals surface area contributed by atoms with Gasteiger partial charge in [0.05, 0.1) is 37.1 Å². The number of nitrogens with zero attached hydrogens (tertiary/aromatic N) is 6. The lowest BCUT2D eigenvalue weighted by Crippen LogP contribution is -2.58. The van der Waals surface area contributed by atoms with Gasteiger partial charge in [-0.2, -0.15) is 4.98 Å². The Balaban J connectivity index is 1.10. The van der Waals surface area contributed by atoms with Crippen molar-refractivity contribution >= 4 is 52.7 Å². The highest BCUT2D eigenvalue weighted by Crippen LogP contribution is 2.33. The SMILES string of the molecule is Cc1ccc(Nc2ncc3c(n2)N(C)C(=O)N(c2cc(C(=O)CN[C@H](C(=O)N4CCC[C@@H]4C(=O)N[C@H](C(=O)N[C@H](C)c4ccccc4)C(C)C)C(C)C)ccc2C)C3)cn1. The number of Topliss-reactive ketones (excluding diaryl/α,β-unsaturated/α-hetero) is 1. The molecule has 15 nitrogen and oxygen atoms in total. The van der Waals surface area contributed by atoms with Crippen molar-refractivity contribution in [2.24, 2.45) is 11.8 Å². The van der Waals surface area contributed by atoms with Gasteiger partial charge in [0.25, 0.3) is 0 Å².